The summed E-state index contributed by atoms with van der Waals surface area (Å²) in [6.07, 6.45) is 2.09. The van der Waals surface area contributed by atoms with E-state index < -0.39 is 13.1 Å². The zero-order valence-corrected chi connectivity index (χ0v) is 12.8. The standard InChI is InChI=1S/C16H20BN3O3/c21-16(20-7-3-6-15(20)17(22)23)13-8-11-10-4-1-2-5-12(10)19-14(11)9-18-13/h1-2,4-5,13,15,18-19,22-23H,3,6-9H2/t13-,15-/m0/s1. The number of carbonyl (C=O) groups is 1. The molecule has 0 bridgehead atoms. The molecular weight excluding hydrogens is 293 g/mol. The molecule has 1 saturated heterocycles. The van der Waals surface area contributed by atoms with Gasteiger partial charge in [0.05, 0.1) is 12.0 Å². The maximum Gasteiger partial charge on any atom is 0.475 e. The van der Waals surface area contributed by atoms with Gasteiger partial charge in [-0.1, -0.05) is 18.2 Å². The molecule has 1 aromatic carbocycles. The fourth-order valence-corrected chi connectivity index (χ4v) is 3.89. The lowest BCUT2D eigenvalue weighted by molar-refractivity contribution is -0.133. The number of carbonyl (C=O) groups excluding carboxylic acids is 1. The average molecular weight is 313 g/mol. The topological polar surface area (TPSA) is 88.6 Å². The highest BCUT2D eigenvalue weighted by atomic mass is 16.4. The Morgan fingerprint density at radius 1 is 1.30 bits per heavy atom. The van der Waals surface area contributed by atoms with Gasteiger partial charge in [-0.15, -0.1) is 0 Å². The minimum Gasteiger partial charge on any atom is -0.426 e. The summed E-state index contributed by atoms with van der Waals surface area (Å²) in [4.78, 5) is 17.8. The van der Waals surface area contributed by atoms with Gasteiger partial charge < -0.3 is 19.9 Å². The van der Waals surface area contributed by atoms with Crippen molar-refractivity contribution < 1.29 is 14.8 Å². The second-order valence-electron chi connectivity index (χ2n) is 6.42. The number of rotatable bonds is 2. The number of benzene rings is 1. The van der Waals surface area contributed by atoms with Crippen molar-refractivity contribution in [3.8, 4) is 0 Å². The van der Waals surface area contributed by atoms with Crippen LogP contribution >= 0.6 is 0 Å². The number of likely N-dealkylation sites (tertiary alicyclic amines) is 1. The van der Waals surface area contributed by atoms with Gasteiger partial charge in [-0.2, -0.15) is 0 Å². The molecule has 6 nitrogen and oxygen atoms in total. The van der Waals surface area contributed by atoms with Gasteiger partial charge in [0.2, 0.25) is 5.91 Å². The lowest BCUT2D eigenvalue weighted by Crippen LogP contribution is -2.54. The van der Waals surface area contributed by atoms with Crippen LogP contribution in [0.4, 0.5) is 0 Å². The molecule has 2 atom stereocenters. The summed E-state index contributed by atoms with van der Waals surface area (Å²) in [5, 5.41) is 23.4. The molecule has 0 unspecified atom stereocenters. The molecule has 0 radical (unpaired) electrons. The second kappa shape index (κ2) is 5.67. The summed E-state index contributed by atoms with van der Waals surface area (Å²) >= 11 is 0. The highest BCUT2D eigenvalue weighted by Gasteiger charge is 2.40. The van der Waals surface area contributed by atoms with E-state index in [9.17, 15) is 14.8 Å². The predicted molar refractivity (Wildman–Crippen MR) is 87.6 cm³/mol. The molecule has 23 heavy (non-hydrogen) atoms. The lowest BCUT2D eigenvalue weighted by Gasteiger charge is -2.31. The predicted octanol–water partition coefficient (Wildman–Crippen LogP) is 0.185. The van der Waals surface area contributed by atoms with Crippen molar-refractivity contribution in [1.29, 1.82) is 0 Å². The number of hydrogen-bond donors (Lipinski definition) is 4. The summed E-state index contributed by atoms with van der Waals surface area (Å²) in [6.45, 7) is 1.22. The van der Waals surface area contributed by atoms with E-state index in [1.807, 2.05) is 18.2 Å². The van der Waals surface area contributed by atoms with Crippen LogP contribution in [0.25, 0.3) is 10.9 Å². The summed E-state index contributed by atoms with van der Waals surface area (Å²) in [5.74, 6) is -0.509. The fourth-order valence-electron chi connectivity index (χ4n) is 3.89. The number of aromatic amines is 1. The number of nitrogens with one attached hydrogen (secondary N) is 2. The molecular formula is C16H20BN3O3. The minimum absolute atomic E-state index is 0.0310. The highest BCUT2D eigenvalue weighted by Crippen LogP contribution is 2.28. The molecule has 120 valence electrons. The maximum absolute atomic E-state index is 12.8. The Morgan fingerprint density at radius 2 is 2.13 bits per heavy atom. The van der Waals surface area contributed by atoms with E-state index in [-0.39, 0.29) is 11.9 Å². The fraction of sp³-hybridized carbons (Fsp3) is 0.438. The van der Waals surface area contributed by atoms with E-state index >= 15 is 0 Å². The SMILES string of the molecule is O=C([C@@H]1Cc2c([nH]c3ccccc23)CN1)N1CCC[C@H]1B(O)O. The highest BCUT2D eigenvalue weighted by molar-refractivity contribution is 6.43. The molecule has 1 amide bonds. The number of H-pyrrole nitrogens is 1. The third-order valence-corrected chi connectivity index (χ3v) is 5.06. The molecule has 2 aromatic rings. The van der Waals surface area contributed by atoms with Crippen LogP contribution in [0.1, 0.15) is 24.1 Å². The van der Waals surface area contributed by atoms with Gasteiger partial charge in [0, 0.05) is 29.7 Å². The molecule has 2 aliphatic heterocycles. The largest absolute Gasteiger partial charge is 0.475 e. The van der Waals surface area contributed by atoms with Gasteiger partial charge >= 0.3 is 7.12 Å². The smallest absolute Gasteiger partial charge is 0.426 e. The first kappa shape index (κ1) is 14.7. The number of hydrogen-bond acceptors (Lipinski definition) is 4. The Bertz CT molecular complexity index is 745. The van der Waals surface area contributed by atoms with Crippen LogP contribution in [0.2, 0.25) is 0 Å². The summed E-state index contributed by atoms with van der Waals surface area (Å²) < 4.78 is 0. The second-order valence-corrected chi connectivity index (χ2v) is 6.42. The third kappa shape index (κ3) is 2.45. The van der Waals surface area contributed by atoms with Crippen molar-refractivity contribution in [1.82, 2.24) is 15.2 Å². The van der Waals surface area contributed by atoms with Gasteiger partial charge in [-0.3, -0.25) is 10.1 Å². The average Bonchev–Trinajstić information content (AvgIpc) is 3.18. The first-order valence-electron chi connectivity index (χ1n) is 8.13. The van der Waals surface area contributed by atoms with Crippen LogP contribution in [0.15, 0.2) is 24.3 Å². The molecule has 3 heterocycles. The van der Waals surface area contributed by atoms with Crippen LogP contribution in [-0.4, -0.2) is 51.5 Å². The number of amides is 1. The van der Waals surface area contributed by atoms with Gasteiger partial charge in [0.25, 0.3) is 0 Å². The van der Waals surface area contributed by atoms with Crippen LogP contribution in [0.5, 0.6) is 0 Å². The van der Waals surface area contributed by atoms with Crippen LogP contribution < -0.4 is 5.32 Å². The van der Waals surface area contributed by atoms with Gasteiger partial charge in [0.15, 0.2) is 0 Å². The Hall–Kier alpha value is -1.83. The monoisotopic (exact) mass is 313 g/mol. The molecule has 1 aromatic heterocycles. The van der Waals surface area contributed by atoms with Crippen molar-refractivity contribution in [2.24, 2.45) is 0 Å². The summed E-state index contributed by atoms with van der Waals surface area (Å²) in [7, 11) is -1.46. The first-order chi connectivity index (χ1) is 11.1. The molecule has 7 heteroatoms. The molecule has 4 rings (SSSR count). The Labute approximate surface area is 134 Å². The quantitative estimate of drug-likeness (QED) is 0.596. The number of aromatic nitrogens is 1. The Kier molecular flexibility index (Phi) is 3.63. The molecule has 0 saturated carbocycles. The number of nitrogens with zero attached hydrogens (tertiary/aromatic N) is 1. The van der Waals surface area contributed by atoms with Crippen molar-refractivity contribution in [2.75, 3.05) is 6.54 Å². The van der Waals surface area contributed by atoms with Gasteiger partial charge in [-0.05, 0) is 30.9 Å². The number of para-hydroxylation sites is 1. The Morgan fingerprint density at radius 3 is 2.96 bits per heavy atom. The molecule has 1 fully saturated rings. The lowest BCUT2D eigenvalue weighted by atomic mass is 9.77. The van der Waals surface area contributed by atoms with Crippen molar-refractivity contribution in [3.05, 3.63) is 35.5 Å². The van der Waals surface area contributed by atoms with E-state index in [0.29, 0.717) is 25.9 Å². The molecule has 2 aliphatic rings. The first-order valence-corrected chi connectivity index (χ1v) is 8.13. The van der Waals surface area contributed by atoms with E-state index in [2.05, 4.69) is 16.4 Å². The van der Waals surface area contributed by atoms with E-state index in [1.54, 1.807) is 4.90 Å². The van der Waals surface area contributed by atoms with E-state index in [4.69, 9.17) is 0 Å². The van der Waals surface area contributed by atoms with Crippen molar-refractivity contribution in [2.45, 2.75) is 37.8 Å². The summed E-state index contributed by atoms with van der Waals surface area (Å²) in [6, 6.07) is 7.82. The van der Waals surface area contributed by atoms with Crippen LogP contribution in [0, 0.1) is 0 Å². The van der Waals surface area contributed by atoms with E-state index in [0.717, 1.165) is 17.6 Å². The Balaban J connectivity index is 1.59. The normalized spacial score (nSPS) is 24.0. The van der Waals surface area contributed by atoms with Gasteiger partial charge in [-0.25, -0.2) is 0 Å². The van der Waals surface area contributed by atoms with E-state index in [1.165, 1.54) is 10.9 Å². The van der Waals surface area contributed by atoms with Crippen LogP contribution in [0.3, 0.4) is 0 Å². The summed E-state index contributed by atoms with van der Waals surface area (Å²) in [5.41, 5.74) is 3.42. The zero-order chi connectivity index (χ0) is 16.0. The number of fused-ring (bicyclic) bond motifs is 3. The van der Waals surface area contributed by atoms with Crippen molar-refractivity contribution in [3.63, 3.8) is 0 Å². The third-order valence-electron chi connectivity index (χ3n) is 5.06. The molecule has 0 spiro atoms. The molecule has 4 N–H and O–H groups in total. The molecule has 0 aliphatic carbocycles. The van der Waals surface area contributed by atoms with Crippen molar-refractivity contribution >= 4 is 23.9 Å². The minimum atomic E-state index is -1.46. The van der Waals surface area contributed by atoms with Gasteiger partial charge in [0.1, 0.15) is 0 Å². The zero-order valence-electron chi connectivity index (χ0n) is 12.8. The van der Waals surface area contributed by atoms with Crippen LogP contribution in [-0.2, 0) is 17.8 Å². The maximum atomic E-state index is 12.8.